The van der Waals surface area contributed by atoms with E-state index in [1.54, 1.807) is 17.6 Å². The van der Waals surface area contributed by atoms with Gasteiger partial charge in [0.15, 0.2) is 5.16 Å². The fourth-order valence-corrected chi connectivity index (χ4v) is 3.50. The van der Waals surface area contributed by atoms with E-state index in [1.165, 1.54) is 23.1 Å². The summed E-state index contributed by atoms with van der Waals surface area (Å²) >= 11 is 2.55. The third kappa shape index (κ3) is 3.84. The second-order valence-corrected chi connectivity index (χ2v) is 6.71. The monoisotopic (exact) mass is 358 g/mol. The van der Waals surface area contributed by atoms with Gasteiger partial charge in [0.1, 0.15) is 5.00 Å². The number of carbonyl (C=O) groups is 2. The van der Waals surface area contributed by atoms with E-state index in [1.807, 2.05) is 30.3 Å². The minimum Gasteiger partial charge on any atom is -0.366 e. The van der Waals surface area contributed by atoms with Gasteiger partial charge in [0, 0.05) is 0 Å². The lowest BCUT2D eigenvalue weighted by Gasteiger charge is -2.03. The van der Waals surface area contributed by atoms with E-state index in [9.17, 15) is 9.59 Å². The lowest BCUT2D eigenvalue weighted by Crippen LogP contribution is -2.17. The first-order valence-corrected chi connectivity index (χ1v) is 8.90. The van der Waals surface area contributed by atoms with Crippen LogP contribution in [0.1, 0.15) is 10.4 Å². The molecule has 0 radical (unpaired) electrons. The maximum Gasteiger partial charge on any atom is 0.251 e. The van der Waals surface area contributed by atoms with Crippen molar-refractivity contribution < 1.29 is 9.59 Å². The van der Waals surface area contributed by atoms with Crippen LogP contribution in [-0.4, -0.2) is 27.5 Å². The third-order valence-electron chi connectivity index (χ3n) is 3.16. The highest BCUT2D eigenvalue weighted by Gasteiger charge is 2.13. The molecule has 0 saturated carbocycles. The molecule has 2 heterocycles. The molecule has 0 unspecified atom stereocenters. The van der Waals surface area contributed by atoms with Crippen molar-refractivity contribution >= 4 is 39.9 Å². The van der Waals surface area contributed by atoms with Gasteiger partial charge in [-0.25, -0.2) is 4.98 Å². The predicted octanol–water partition coefficient (Wildman–Crippen LogP) is 2.97. The zero-order valence-electron chi connectivity index (χ0n) is 12.5. The SMILES string of the molecule is NC(=O)c1ccsc1NC(=O)CSc1ncc(-c2ccccc2)[nH]1. The number of carbonyl (C=O) groups excluding carboxylic acids is 2. The Bertz CT molecular complexity index is 858. The number of aromatic nitrogens is 2. The summed E-state index contributed by atoms with van der Waals surface area (Å²) < 4.78 is 0. The van der Waals surface area contributed by atoms with Crippen molar-refractivity contribution in [3.05, 3.63) is 53.5 Å². The number of rotatable bonds is 6. The minimum absolute atomic E-state index is 0.178. The quantitative estimate of drug-likeness (QED) is 0.590. The zero-order valence-corrected chi connectivity index (χ0v) is 14.1. The fourth-order valence-electron chi connectivity index (χ4n) is 2.04. The number of nitrogens with zero attached hydrogens (tertiary/aromatic N) is 1. The van der Waals surface area contributed by atoms with Crippen LogP contribution in [0.25, 0.3) is 11.3 Å². The summed E-state index contributed by atoms with van der Waals surface area (Å²) in [5.41, 5.74) is 7.51. The normalized spacial score (nSPS) is 10.5. The number of primary amides is 1. The van der Waals surface area contributed by atoms with Crippen molar-refractivity contribution in [1.29, 1.82) is 0 Å². The third-order valence-corrected chi connectivity index (χ3v) is 4.88. The highest BCUT2D eigenvalue weighted by Crippen LogP contribution is 2.24. The van der Waals surface area contributed by atoms with Crippen LogP contribution < -0.4 is 11.1 Å². The number of benzene rings is 1. The van der Waals surface area contributed by atoms with Gasteiger partial charge in [-0.2, -0.15) is 0 Å². The van der Waals surface area contributed by atoms with E-state index >= 15 is 0 Å². The smallest absolute Gasteiger partial charge is 0.251 e. The molecule has 0 fully saturated rings. The predicted molar refractivity (Wildman–Crippen MR) is 96.2 cm³/mol. The fraction of sp³-hybridized carbons (Fsp3) is 0.0625. The number of nitrogens with two attached hydrogens (primary N) is 1. The molecule has 0 spiro atoms. The lowest BCUT2D eigenvalue weighted by molar-refractivity contribution is -0.113. The Morgan fingerprint density at radius 1 is 1.25 bits per heavy atom. The molecule has 0 atom stereocenters. The number of thioether (sulfide) groups is 1. The van der Waals surface area contributed by atoms with Crippen LogP contribution in [0, 0.1) is 0 Å². The molecule has 2 aromatic heterocycles. The van der Waals surface area contributed by atoms with Crippen LogP contribution in [-0.2, 0) is 4.79 Å². The van der Waals surface area contributed by atoms with Gasteiger partial charge in [0.25, 0.3) is 5.91 Å². The molecule has 0 aliphatic heterocycles. The second kappa shape index (κ2) is 7.33. The molecule has 0 aliphatic rings. The van der Waals surface area contributed by atoms with Crippen LogP contribution in [0.5, 0.6) is 0 Å². The van der Waals surface area contributed by atoms with Crippen molar-refractivity contribution in [2.24, 2.45) is 5.73 Å². The highest BCUT2D eigenvalue weighted by atomic mass is 32.2. The van der Waals surface area contributed by atoms with E-state index in [0.29, 0.717) is 15.7 Å². The summed E-state index contributed by atoms with van der Waals surface area (Å²) in [6.45, 7) is 0. The number of imidazole rings is 1. The van der Waals surface area contributed by atoms with E-state index in [0.717, 1.165) is 11.3 Å². The molecule has 4 N–H and O–H groups in total. The Kier molecular flexibility index (Phi) is 4.97. The van der Waals surface area contributed by atoms with Crippen LogP contribution in [0.3, 0.4) is 0 Å². The summed E-state index contributed by atoms with van der Waals surface area (Å²) in [6, 6.07) is 11.4. The van der Waals surface area contributed by atoms with E-state index in [4.69, 9.17) is 5.73 Å². The first-order chi connectivity index (χ1) is 11.6. The van der Waals surface area contributed by atoms with E-state index < -0.39 is 5.91 Å². The maximum atomic E-state index is 12.0. The molecule has 1 aromatic carbocycles. The molecule has 0 aliphatic carbocycles. The van der Waals surface area contributed by atoms with Gasteiger partial charge in [0.2, 0.25) is 5.91 Å². The Morgan fingerprint density at radius 3 is 2.79 bits per heavy atom. The van der Waals surface area contributed by atoms with Gasteiger partial charge in [-0.1, -0.05) is 42.1 Å². The van der Waals surface area contributed by atoms with E-state index in [2.05, 4.69) is 15.3 Å². The van der Waals surface area contributed by atoms with Gasteiger partial charge in [0.05, 0.1) is 23.2 Å². The molecule has 0 bridgehead atoms. The number of hydrogen-bond acceptors (Lipinski definition) is 5. The summed E-state index contributed by atoms with van der Waals surface area (Å²) in [7, 11) is 0. The summed E-state index contributed by atoms with van der Waals surface area (Å²) in [5.74, 6) is -0.599. The molecule has 24 heavy (non-hydrogen) atoms. The van der Waals surface area contributed by atoms with Crippen molar-refractivity contribution in [1.82, 2.24) is 9.97 Å². The van der Waals surface area contributed by atoms with E-state index in [-0.39, 0.29) is 11.7 Å². The molecular formula is C16H14N4O2S2. The number of anilines is 1. The topological polar surface area (TPSA) is 101 Å². The van der Waals surface area contributed by atoms with Gasteiger partial charge < -0.3 is 16.0 Å². The van der Waals surface area contributed by atoms with Crippen LogP contribution in [0.2, 0.25) is 0 Å². The Labute approximate surface area is 146 Å². The van der Waals surface area contributed by atoms with Gasteiger partial charge in [-0.15, -0.1) is 11.3 Å². The Morgan fingerprint density at radius 2 is 2.04 bits per heavy atom. The first kappa shape index (κ1) is 16.3. The molecule has 3 rings (SSSR count). The number of amides is 2. The van der Waals surface area contributed by atoms with Gasteiger partial charge in [-0.3, -0.25) is 9.59 Å². The van der Waals surface area contributed by atoms with Crippen LogP contribution in [0.15, 0.2) is 53.1 Å². The molecule has 6 nitrogen and oxygen atoms in total. The summed E-state index contributed by atoms with van der Waals surface area (Å²) in [6.07, 6.45) is 1.74. The largest absolute Gasteiger partial charge is 0.366 e. The summed E-state index contributed by atoms with van der Waals surface area (Å²) in [4.78, 5) is 30.7. The first-order valence-electron chi connectivity index (χ1n) is 7.04. The zero-order chi connectivity index (χ0) is 16.9. The molecule has 3 aromatic rings. The molecular weight excluding hydrogens is 344 g/mol. The van der Waals surface area contributed by atoms with Gasteiger partial charge in [-0.05, 0) is 17.0 Å². The van der Waals surface area contributed by atoms with Crippen molar-refractivity contribution in [3.63, 3.8) is 0 Å². The maximum absolute atomic E-state index is 12.0. The van der Waals surface area contributed by atoms with Gasteiger partial charge >= 0.3 is 0 Å². The average molecular weight is 358 g/mol. The minimum atomic E-state index is -0.558. The Balaban J connectivity index is 1.58. The van der Waals surface area contributed by atoms with Crippen LogP contribution >= 0.6 is 23.1 Å². The second-order valence-electron chi connectivity index (χ2n) is 4.83. The van der Waals surface area contributed by atoms with Crippen molar-refractivity contribution in [2.45, 2.75) is 5.16 Å². The molecule has 122 valence electrons. The van der Waals surface area contributed by atoms with Crippen LogP contribution in [0.4, 0.5) is 5.00 Å². The number of aromatic amines is 1. The standard InChI is InChI=1S/C16H14N4O2S2/c17-14(22)11-6-7-23-15(11)20-13(21)9-24-16-18-8-12(19-16)10-4-2-1-3-5-10/h1-8H,9H2,(H2,17,22)(H,18,19)(H,20,21). The summed E-state index contributed by atoms with van der Waals surface area (Å²) in [5, 5.41) is 5.53. The van der Waals surface area contributed by atoms with Crippen molar-refractivity contribution in [2.75, 3.05) is 11.1 Å². The molecule has 2 amide bonds. The number of thiophene rings is 1. The molecule has 8 heteroatoms. The number of nitrogens with one attached hydrogen (secondary N) is 2. The van der Waals surface area contributed by atoms with Crippen molar-refractivity contribution in [3.8, 4) is 11.3 Å². The highest BCUT2D eigenvalue weighted by molar-refractivity contribution is 7.99. The average Bonchev–Trinajstić information content (AvgIpc) is 3.23. The lowest BCUT2D eigenvalue weighted by atomic mass is 10.2. The Hall–Kier alpha value is -2.58. The number of hydrogen-bond donors (Lipinski definition) is 3. The molecule has 0 saturated heterocycles. The number of H-pyrrole nitrogens is 1.